The number of aliphatic hydroxyl groups is 1. The smallest absolute Gasteiger partial charge is 0.189 e. The molecule has 2 aromatic rings. The summed E-state index contributed by atoms with van der Waals surface area (Å²) in [5.41, 5.74) is -1.48. The van der Waals surface area contributed by atoms with Crippen molar-refractivity contribution in [1.82, 2.24) is 0 Å². The van der Waals surface area contributed by atoms with Gasteiger partial charge in [-0.1, -0.05) is 60.7 Å². The van der Waals surface area contributed by atoms with E-state index in [2.05, 4.69) is 0 Å². The minimum atomic E-state index is -3.62. The molecule has 4 heteroatoms. The van der Waals surface area contributed by atoms with Crippen LogP contribution in [0.1, 0.15) is 32.1 Å². The van der Waals surface area contributed by atoms with E-state index in [1.807, 2.05) is 12.1 Å². The van der Waals surface area contributed by atoms with Gasteiger partial charge in [0.25, 0.3) is 0 Å². The number of alkyl halides is 1. The summed E-state index contributed by atoms with van der Waals surface area (Å²) in [5.74, 6) is -0.653. The highest BCUT2D eigenvalue weighted by atomic mass is 31.2. The number of hydrogen-bond acceptors (Lipinski definition) is 2. The summed E-state index contributed by atoms with van der Waals surface area (Å²) in [6.07, 6.45) is 4.76. The quantitative estimate of drug-likeness (QED) is 0.789. The molecule has 6 rings (SSSR count). The minimum absolute atomic E-state index is 0.0653. The topological polar surface area (TPSA) is 37.3 Å². The zero-order valence-corrected chi connectivity index (χ0v) is 16.3. The van der Waals surface area contributed by atoms with Gasteiger partial charge in [-0.2, -0.15) is 0 Å². The lowest BCUT2D eigenvalue weighted by molar-refractivity contribution is -0.189. The van der Waals surface area contributed by atoms with Crippen LogP contribution in [0.3, 0.4) is 0 Å². The Labute approximate surface area is 160 Å². The van der Waals surface area contributed by atoms with E-state index in [4.69, 9.17) is 0 Å². The lowest BCUT2D eigenvalue weighted by Gasteiger charge is -2.60. The van der Waals surface area contributed by atoms with Gasteiger partial charge in [0.15, 0.2) is 13.1 Å². The van der Waals surface area contributed by atoms with Gasteiger partial charge in [-0.3, -0.25) is 0 Å². The lowest BCUT2D eigenvalue weighted by atomic mass is 9.50. The molecular weight excluding hydrogens is 358 g/mol. The second-order valence-corrected chi connectivity index (χ2v) is 11.7. The van der Waals surface area contributed by atoms with Gasteiger partial charge in [0.2, 0.25) is 0 Å². The summed E-state index contributed by atoms with van der Waals surface area (Å²) in [7, 11) is -3.62. The van der Waals surface area contributed by atoms with Crippen LogP contribution in [0.4, 0.5) is 4.39 Å². The molecule has 0 spiro atoms. The fourth-order valence-corrected chi connectivity index (χ4v) is 9.38. The second-order valence-electron chi connectivity index (χ2n) is 8.86. The van der Waals surface area contributed by atoms with E-state index < -0.39 is 18.7 Å². The molecule has 0 saturated heterocycles. The molecule has 4 aliphatic rings. The van der Waals surface area contributed by atoms with Crippen molar-refractivity contribution in [2.45, 2.75) is 43.6 Å². The van der Waals surface area contributed by atoms with Crippen LogP contribution in [0.5, 0.6) is 0 Å². The highest BCUT2D eigenvalue weighted by Crippen LogP contribution is 2.65. The van der Waals surface area contributed by atoms with E-state index in [-0.39, 0.29) is 11.8 Å². The van der Waals surface area contributed by atoms with Crippen molar-refractivity contribution >= 4 is 17.8 Å². The Hall–Kier alpha value is -1.44. The van der Waals surface area contributed by atoms with Gasteiger partial charge in [0.1, 0.15) is 5.60 Å². The van der Waals surface area contributed by atoms with Crippen molar-refractivity contribution in [2.75, 3.05) is 0 Å². The summed E-state index contributed by atoms with van der Waals surface area (Å²) in [4.78, 5) is 0. The second kappa shape index (κ2) is 6.29. The van der Waals surface area contributed by atoms with Gasteiger partial charge < -0.3 is 9.67 Å². The molecular formula is C23H26FO2P. The molecule has 0 aromatic heterocycles. The first kappa shape index (κ1) is 17.6. The lowest BCUT2D eigenvalue weighted by Crippen LogP contribution is -2.63. The predicted octanol–water partition coefficient (Wildman–Crippen LogP) is 4.48. The van der Waals surface area contributed by atoms with E-state index in [1.54, 1.807) is 48.5 Å². The van der Waals surface area contributed by atoms with Gasteiger partial charge >= 0.3 is 0 Å². The first-order chi connectivity index (χ1) is 13.0. The minimum Gasteiger partial charge on any atom is -0.386 e. The van der Waals surface area contributed by atoms with Crippen molar-refractivity contribution in [3.63, 3.8) is 0 Å². The largest absolute Gasteiger partial charge is 0.386 e. The van der Waals surface area contributed by atoms with Crippen LogP contribution in [0, 0.1) is 23.7 Å². The van der Waals surface area contributed by atoms with Gasteiger partial charge in [-0.05, 0) is 55.8 Å². The van der Waals surface area contributed by atoms with E-state index in [0.717, 1.165) is 25.7 Å². The Kier molecular flexibility index (Phi) is 4.11. The van der Waals surface area contributed by atoms with Crippen molar-refractivity contribution in [2.24, 2.45) is 23.7 Å². The molecule has 2 aromatic carbocycles. The molecule has 1 unspecified atom stereocenters. The average molecular weight is 384 g/mol. The van der Waals surface area contributed by atoms with E-state index in [0.29, 0.717) is 22.4 Å². The third-order valence-electron chi connectivity index (χ3n) is 7.43. The molecule has 0 aliphatic heterocycles. The molecule has 4 saturated carbocycles. The molecule has 0 radical (unpaired) electrons. The molecule has 27 heavy (non-hydrogen) atoms. The van der Waals surface area contributed by atoms with Crippen LogP contribution in [-0.2, 0) is 4.57 Å². The van der Waals surface area contributed by atoms with E-state index in [1.165, 1.54) is 6.42 Å². The molecule has 4 aliphatic carbocycles. The molecule has 0 heterocycles. The first-order valence-electron chi connectivity index (χ1n) is 10.1. The van der Waals surface area contributed by atoms with Crippen LogP contribution >= 0.6 is 7.14 Å². The number of halogens is 1. The fourth-order valence-electron chi connectivity index (χ4n) is 6.33. The first-order valence-corrected chi connectivity index (χ1v) is 11.9. The van der Waals surface area contributed by atoms with E-state index in [9.17, 15) is 9.67 Å². The molecule has 4 fully saturated rings. The molecule has 4 bridgehead atoms. The van der Waals surface area contributed by atoms with Crippen LogP contribution < -0.4 is 10.6 Å². The van der Waals surface area contributed by atoms with Gasteiger partial charge in [-0.15, -0.1) is 0 Å². The zero-order valence-electron chi connectivity index (χ0n) is 15.4. The molecule has 142 valence electrons. The number of hydrogen-bond donors (Lipinski definition) is 1. The van der Waals surface area contributed by atoms with Crippen molar-refractivity contribution in [1.29, 1.82) is 0 Å². The summed E-state index contributed by atoms with van der Waals surface area (Å²) in [5, 5.41) is 12.8. The van der Waals surface area contributed by atoms with Crippen LogP contribution in [-0.4, -0.2) is 16.6 Å². The maximum absolute atomic E-state index is 16.4. The zero-order chi connectivity index (χ0) is 18.6. The third-order valence-corrected chi connectivity index (χ3v) is 10.6. The molecule has 1 N–H and O–H groups in total. The predicted molar refractivity (Wildman–Crippen MR) is 107 cm³/mol. The average Bonchev–Trinajstić information content (AvgIpc) is 2.71. The van der Waals surface area contributed by atoms with Crippen LogP contribution in [0.15, 0.2) is 60.7 Å². The van der Waals surface area contributed by atoms with Crippen LogP contribution in [0.2, 0.25) is 0 Å². The Morgan fingerprint density at radius 2 is 1.22 bits per heavy atom. The Morgan fingerprint density at radius 3 is 1.63 bits per heavy atom. The van der Waals surface area contributed by atoms with Gasteiger partial charge in [-0.25, -0.2) is 4.39 Å². The normalized spacial score (nSPS) is 35.9. The maximum atomic E-state index is 16.4. The summed E-state index contributed by atoms with van der Waals surface area (Å²) in [6, 6.07) is 17.9. The molecule has 1 atom stereocenters. The SMILES string of the molecule is O=P(c1ccccc1)(c1ccccc1)C(F)C1(O)C2CC3CC(C2)CC1C3. The van der Waals surface area contributed by atoms with Crippen LogP contribution in [0.25, 0.3) is 0 Å². The van der Waals surface area contributed by atoms with Gasteiger partial charge in [0.05, 0.1) is 0 Å². The Morgan fingerprint density at radius 1 is 0.815 bits per heavy atom. The van der Waals surface area contributed by atoms with Crippen molar-refractivity contribution in [3.8, 4) is 0 Å². The monoisotopic (exact) mass is 384 g/mol. The van der Waals surface area contributed by atoms with Crippen molar-refractivity contribution < 1.29 is 14.1 Å². The standard InChI is InChI=1S/C23H26FO2P/c24-22(23(25)18-12-16-11-17(14-18)15-19(23)13-16)27(26,20-7-3-1-4-8-20)21-9-5-2-6-10-21/h1-10,16-19,22,25H,11-15H2. The third kappa shape index (κ3) is 2.51. The maximum Gasteiger partial charge on any atom is 0.189 e. The number of rotatable bonds is 4. The molecule has 2 nitrogen and oxygen atoms in total. The fraction of sp³-hybridized carbons (Fsp3) is 0.478. The highest BCUT2D eigenvalue weighted by Gasteiger charge is 2.64. The Bertz CT molecular complexity index is 795. The highest BCUT2D eigenvalue weighted by molar-refractivity contribution is 7.79. The van der Waals surface area contributed by atoms with E-state index >= 15 is 4.39 Å². The van der Waals surface area contributed by atoms with Crippen molar-refractivity contribution in [3.05, 3.63) is 60.7 Å². The Balaban J connectivity index is 1.64. The molecule has 0 amide bonds. The summed E-state index contributed by atoms with van der Waals surface area (Å²) >= 11 is 0. The van der Waals surface area contributed by atoms with Gasteiger partial charge in [0, 0.05) is 10.6 Å². The summed E-state index contributed by atoms with van der Waals surface area (Å²) in [6.45, 7) is 0. The summed E-state index contributed by atoms with van der Waals surface area (Å²) < 4.78 is 30.9. The number of benzene rings is 2.